The molecule has 1 aliphatic heterocycles. The molecule has 0 N–H and O–H groups in total. The molecule has 1 aromatic carbocycles. The number of alkyl halides is 3. The molecular formula is C21H21ClF4N4O4S. The number of halogens is 5. The Labute approximate surface area is 204 Å². The Kier molecular flexibility index (Phi) is 7.32. The van der Waals surface area contributed by atoms with E-state index in [1.807, 2.05) is 0 Å². The molecule has 0 radical (unpaired) electrons. The molecule has 2 aromatic rings. The zero-order valence-electron chi connectivity index (χ0n) is 18.8. The first-order valence-corrected chi connectivity index (χ1v) is 12.6. The molecule has 0 spiro atoms. The minimum Gasteiger partial charge on any atom is -0.321 e. The second-order valence-electron chi connectivity index (χ2n) is 8.09. The third kappa shape index (κ3) is 6.01. The number of urea groups is 1. The van der Waals surface area contributed by atoms with Gasteiger partial charge in [-0.2, -0.15) is 13.2 Å². The van der Waals surface area contributed by atoms with E-state index in [2.05, 4.69) is 4.98 Å². The number of pyridine rings is 1. The lowest BCUT2D eigenvalue weighted by Crippen LogP contribution is -2.47. The monoisotopic (exact) mass is 536 g/mol. The van der Waals surface area contributed by atoms with Gasteiger partial charge in [0, 0.05) is 31.2 Å². The summed E-state index contributed by atoms with van der Waals surface area (Å²) in [6.07, 6.45) is -3.76. The molecule has 3 amide bonds. The van der Waals surface area contributed by atoms with Crippen LogP contribution in [0.4, 0.5) is 33.9 Å². The lowest BCUT2D eigenvalue weighted by atomic mass is 10.1. The van der Waals surface area contributed by atoms with Gasteiger partial charge in [-0.3, -0.25) is 9.69 Å². The van der Waals surface area contributed by atoms with Crippen LogP contribution in [0.25, 0.3) is 0 Å². The molecular weight excluding hydrogens is 516 g/mol. The van der Waals surface area contributed by atoms with E-state index in [0.717, 1.165) is 33.1 Å². The number of likely N-dealkylation sites (N-methyl/N-ethyl adjacent to an activating group) is 1. The van der Waals surface area contributed by atoms with Crippen LogP contribution in [0, 0.1) is 12.7 Å². The summed E-state index contributed by atoms with van der Waals surface area (Å²) < 4.78 is 77.0. The number of carbonyl (C=O) groups excluding carboxylic acids is 2. The zero-order chi connectivity index (χ0) is 26.3. The molecule has 190 valence electrons. The summed E-state index contributed by atoms with van der Waals surface area (Å²) in [6, 6.07) is 2.73. The van der Waals surface area contributed by atoms with Crippen LogP contribution < -0.4 is 9.80 Å². The predicted molar refractivity (Wildman–Crippen MR) is 122 cm³/mol. The van der Waals surface area contributed by atoms with Crippen LogP contribution in [-0.4, -0.2) is 68.4 Å². The average Bonchev–Trinajstić information content (AvgIpc) is 3.07. The lowest BCUT2D eigenvalue weighted by Gasteiger charge is -2.27. The average molecular weight is 537 g/mol. The number of amides is 3. The first-order chi connectivity index (χ1) is 16.1. The maximum Gasteiger partial charge on any atom is 0.416 e. The van der Waals surface area contributed by atoms with Crippen molar-refractivity contribution >= 4 is 44.9 Å². The van der Waals surface area contributed by atoms with E-state index >= 15 is 0 Å². The number of aromatic nitrogens is 1. The summed E-state index contributed by atoms with van der Waals surface area (Å²) in [4.78, 5) is 33.5. The van der Waals surface area contributed by atoms with Gasteiger partial charge in [0.05, 0.1) is 22.9 Å². The van der Waals surface area contributed by atoms with Crippen LogP contribution in [0.3, 0.4) is 0 Å². The minimum absolute atomic E-state index is 0.0397. The van der Waals surface area contributed by atoms with E-state index in [-0.39, 0.29) is 29.5 Å². The summed E-state index contributed by atoms with van der Waals surface area (Å²) in [5.41, 5.74) is -0.925. The van der Waals surface area contributed by atoms with Gasteiger partial charge < -0.3 is 9.80 Å². The number of nitrogens with zero attached hydrogens (tertiary/aromatic N) is 4. The van der Waals surface area contributed by atoms with Crippen molar-refractivity contribution in [2.24, 2.45) is 0 Å². The Morgan fingerprint density at radius 1 is 1.26 bits per heavy atom. The Balaban J connectivity index is 2.04. The fourth-order valence-electron chi connectivity index (χ4n) is 3.55. The second-order valence-corrected chi connectivity index (χ2v) is 10.8. The highest BCUT2D eigenvalue weighted by Crippen LogP contribution is 2.34. The highest BCUT2D eigenvalue weighted by atomic mass is 35.5. The van der Waals surface area contributed by atoms with E-state index in [0.29, 0.717) is 6.07 Å². The quantitative estimate of drug-likeness (QED) is 0.527. The van der Waals surface area contributed by atoms with Crippen molar-refractivity contribution in [3.63, 3.8) is 0 Å². The molecule has 2 heterocycles. The van der Waals surface area contributed by atoms with Gasteiger partial charge in [-0.05, 0) is 37.3 Å². The van der Waals surface area contributed by atoms with Crippen molar-refractivity contribution in [3.8, 4) is 0 Å². The molecule has 0 bridgehead atoms. The molecule has 1 saturated heterocycles. The molecule has 0 aliphatic carbocycles. The molecule has 0 unspecified atom stereocenters. The van der Waals surface area contributed by atoms with Gasteiger partial charge in [-0.1, -0.05) is 11.6 Å². The maximum atomic E-state index is 13.6. The van der Waals surface area contributed by atoms with Crippen LogP contribution in [0.1, 0.15) is 11.3 Å². The summed E-state index contributed by atoms with van der Waals surface area (Å²) in [7, 11) is -2.15. The van der Waals surface area contributed by atoms with Gasteiger partial charge in [-0.15, -0.1) is 0 Å². The van der Waals surface area contributed by atoms with Crippen molar-refractivity contribution in [2.75, 3.05) is 41.9 Å². The highest BCUT2D eigenvalue weighted by molar-refractivity contribution is 7.90. The number of sulfone groups is 1. The normalized spacial score (nSPS) is 16.7. The van der Waals surface area contributed by atoms with Crippen LogP contribution >= 0.6 is 11.6 Å². The zero-order valence-corrected chi connectivity index (χ0v) is 20.4. The Morgan fingerprint density at radius 3 is 2.49 bits per heavy atom. The van der Waals surface area contributed by atoms with Crippen LogP contribution in [0.15, 0.2) is 30.3 Å². The predicted octanol–water partition coefficient (Wildman–Crippen LogP) is 3.52. The molecule has 1 aliphatic rings. The van der Waals surface area contributed by atoms with E-state index in [4.69, 9.17) is 11.6 Å². The number of hydrogen-bond acceptors (Lipinski definition) is 5. The highest BCUT2D eigenvalue weighted by Gasteiger charge is 2.45. The first kappa shape index (κ1) is 26.7. The SMILES string of the molecule is Cc1cc(C(F)(F)F)cc(N2C(=O)N(CCS(C)(=O)=O)C[C@H]2C(=O)N(C)c2ccc(F)c(Cl)c2)n1. The first-order valence-electron chi connectivity index (χ1n) is 10.1. The third-order valence-electron chi connectivity index (χ3n) is 5.33. The number of aryl methyl sites for hydroxylation is 1. The molecule has 0 saturated carbocycles. The van der Waals surface area contributed by atoms with E-state index in [1.165, 1.54) is 26.1 Å². The van der Waals surface area contributed by atoms with Gasteiger partial charge in [0.25, 0.3) is 5.91 Å². The van der Waals surface area contributed by atoms with Crippen molar-refractivity contribution in [1.29, 1.82) is 0 Å². The van der Waals surface area contributed by atoms with Gasteiger partial charge >= 0.3 is 12.2 Å². The standard InChI is InChI=1S/C21H21ClF4N4O4S/c1-12-8-13(21(24,25)26)9-18(27-12)30-17(11-29(20(30)32)6-7-35(3,33)34)19(31)28(2)14-4-5-16(23)15(22)10-14/h4-5,8-10,17H,6-7,11H2,1-3H3/t17-/m0/s1. The number of rotatable bonds is 6. The lowest BCUT2D eigenvalue weighted by molar-refractivity contribution is -0.137. The van der Waals surface area contributed by atoms with Crippen LogP contribution in [0.5, 0.6) is 0 Å². The molecule has 1 fully saturated rings. The Hall–Kier alpha value is -2.93. The van der Waals surface area contributed by atoms with Crippen molar-refractivity contribution < 1.29 is 35.6 Å². The molecule has 3 rings (SSSR count). The molecule has 1 aromatic heterocycles. The summed E-state index contributed by atoms with van der Waals surface area (Å²) >= 11 is 5.80. The Bertz CT molecular complexity index is 1270. The summed E-state index contributed by atoms with van der Waals surface area (Å²) in [6.45, 7) is 0.732. The summed E-state index contributed by atoms with van der Waals surface area (Å²) in [5.74, 6) is -2.26. The van der Waals surface area contributed by atoms with E-state index in [9.17, 15) is 35.6 Å². The summed E-state index contributed by atoms with van der Waals surface area (Å²) in [5, 5.41) is -0.258. The van der Waals surface area contributed by atoms with Crippen LogP contribution in [-0.2, 0) is 20.8 Å². The number of benzene rings is 1. The fraction of sp³-hybridized carbons (Fsp3) is 0.381. The van der Waals surface area contributed by atoms with Gasteiger partial charge in [0.2, 0.25) is 0 Å². The second kappa shape index (κ2) is 9.61. The number of carbonyl (C=O) groups is 2. The molecule has 1 atom stereocenters. The van der Waals surface area contributed by atoms with Crippen molar-refractivity contribution in [3.05, 3.63) is 52.4 Å². The van der Waals surface area contributed by atoms with E-state index < -0.39 is 56.9 Å². The van der Waals surface area contributed by atoms with Gasteiger partial charge in [-0.25, -0.2) is 22.6 Å². The Morgan fingerprint density at radius 2 is 1.91 bits per heavy atom. The maximum absolute atomic E-state index is 13.6. The van der Waals surface area contributed by atoms with E-state index in [1.54, 1.807) is 0 Å². The third-order valence-corrected chi connectivity index (χ3v) is 6.55. The largest absolute Gasteiger partial charge is 0.416 e. The minimum atomic E-state index is -4.73. The topological polar surface area (TPSA) is 90.9 Å². The molecule has 8 nitrogen and oxygen atoms in total. The smallest absolute Gasteiger partial charge is 0.321 e. The van der Waals surface area contributed by atoms with Crippen LogP contribution in [0.2, 0.25) is 5.02 Å². The number of hydrogen-bond donors (Lipinski definition) is 0. The van der Waals surface area contributed by atoms with Gasteiger partial charge in [0.1, 0.15) is 27.5 Å². The number of anilines is 2. The molecule has 14 heteroatoms. The molecule has 35 heavy (non-hydrogen) atoms. The fourth-order valence-corrected chi connectivity index (χ4v) is 4.27. The van der Waals surface area contributed by atoms with Crippen molar-refractivity contribution in [2.45, 2.75) is 19.1 Å². The van der Waals surface area contributed by atoms with Crippen molar-refractivity contribution in [1.82, 2.24) is 9.88 Å². The van der Waals surface area contributed by atoms with Gasteiger partial charge in [0.15, 0.2) is 0 Å².